The molecule has 0 spiro atoms. The maximum absolute atomic E-state index is 11.7. The first-order chi connectivity index (χ1) is 7.65. The van der Waals surface area contributed by atoms with Crippen LogP contribution in [0.4, 0.5) is 0 Å². The normalized spacial score (nSPS) is 22.4. The van der Waals surface area contributed by atoms with Crippen LogP contribution in [0.25, 0.3) is 0 Å². The first-order valence-corrected chi connectivity index (χ1v) is 5.49. The summed E-state index contributed by atoms with van der Waals surface area (Å²) in [6.45, 7) is 3.37. The number of nitrogens with one attached hydrogen (secondary N) is 2. The van der Waals surface area contributed by atoms with Gasteiger partial charge in [0.1, 0.15) is 12.1 Å². The molecule has 0 aromatic carbocycles. The summed E-state index contributed by atoms with van der Waals surface area (Å²) in [4.78, 5) is 22.5. The van der Waals surface area contributed by atoms with Crippen molar-refractivity contribution in [3.63, 3.8) is 0 Å². The number of carboxylic acid groups (broad SMARTS) is 1. The van der Waals surface area contributed by atoms with Crippen molar-refractivity contribution in [3.8, 4) is 0 Å². The average Bonchev–Trinajstić information content (AvgIpc) is 2.29. The maximum Gasteiger partial charge on any atom is 0.326 e. The van der Waals surface area contributed by atoms with Crippen molar-refractivity contribution in [2.45, 2.75) is 31.8 Å². The van der Waals surface area contributed by atoms with Gasteiger partial charge in [-0.2, -0.15) is 0 Å². The number of carboxylic acids is 1. The molecule has 16 heavy (non-hydrogen) atoms. The molecule has 3 N–H and O–H groups in total. The molecular formula is C10H18N2O4. The second-order valence-corrected chi connectivity index (χ2v) is 3.77. The van der Waals surface area contributed by atoms with Crippen LogP contribution in [0.1, 0.15) is 19.8 Å². The number of carbonyl (C=O) groups is 2. The number of hydrogen-bond acceptors (Lipinski definition) is 4. The zero-order valence-electron chi connectivity index (χ0n) is 9.36. The van der Waals surface area contributed by atoms with Crippen molar-refractivity contribution >= 4 is 11.9 Å². The van der Waals surface area contributed by atoms with Gasteiger partial charge in [0.15, 0.2) is 0 Å². The zero-order valence-corrected chi connectivity index (χ0v) is 9.36. The van der Waals surface area contributed by atoms with E-state index >= 15 is 0 Å². The Morgan fingerprint density at radius 2 is 2.38 bits per heavy atom. The van der Waals surface area contributed by atoms with Crippen LogP contribution in [0.3, 0.4) is 0 Å². The molecule has 0 radical (unpaired) electrons. The van der Waals surface area contributed by atoms with Gasteiger partial charge in [-0.15, -0.1) is 0 Å². The second kappa shape index (κ2) is 6.44. The summed E-state index contributed by atoms with van der Waals surface area (Å²) in [7, 11) is 0. The fourth-order valence-electron chi connectivity index (χ4n) is 1.55. The van der Waals surface area contributed by atoms with Gasteiger partial charge in [0.05, 0.1) is 13.2 Å². The van der Waals surface area contributed by atoms with Gasteiger partial charge in [-0.3, -0.25) is 4.79 Å². The third-order valence-electron chi connectivity index (χ3n) is 2.43. The lowest BCUT2D eigenvalue weighted by molar-refractivity contribution is -0.142. The molecule has 0 saturated carbocycles. The second-order valence-electron chi connectivity index (χ2n) is 3.77. The Morgan fingerprint density at radius 1 is 1.62 bits per heavy atom. The Balaban J connectivity index is 2.43. The number of carbonyl (C=O) groups excluding carboxylic acids is 1. The lowest BCUT2D eigenvalue weighted by Crippen LogP contribution is -2.54. The van der Waals surface area contributed by atoms with E-state index in [-0.39, 0.29) is 5.91 Å². The number of ether oxygens (including phenoxy) is 1. The number of amides is 1. The zero-order chi connectivity index (χ0) is 12.0. The highest BCUT2D eigenvalue weighted by Gasteiger charge is 2.25. The third-order valence-corrected chi connectivity index (χ3v) is 2.43. The van der Waals surface area contributed by atoms with Gasteiger partial charge in [-0.25, -0.2) is 4.79 Å². The van der Waals surface area contributed by atoms with Crippen LogP contribution >= 0.6 is 0 Å². The Morgan fingerprint density at radius 3 is 2.88 bits per heavy atom. The SMILES string of the molecule is CCC[C@H](NC(=O)C1COCCN1)C(=O)O. The molecule has 1 amide bonds. The van der Waals surface area contributed by atoms with Crippen LogP contribution in [0, 0.1) is 0 Å². The van der Waals surface area contributed by atoms with Crippen LogP contribution in [0.5, 0.6) is 0 Å². The van der Waals surface area contributed by atoms with Crippen LogP contribution in [-0.4, -0.2) is 48.8 Å². The predicted octanol–water partition coefficient (Wildman–Crippen LogP) is -0.656. The highest BCUT2D eigenvalue weighted by molar-refractivity contribution is 5.87. The summed E-state index contributed by atoms with van der Waals surface area (Å²) < 4.78 is 5.13. The van der Waals surface area contributed by atoms with E-state index in [4.69, 9.17) is 9.84 Å². The Hall–Kier alpha value is -1.14. The molecule has 6 nitrogen and oxygen atoms in total. The molecule has 0 bridgehead atoms. The molecular weight excluding hydrogens is 212 g/mol. The van der Waals surface area contributed by atoms with Crippen molar-refractivity contribution in [3.05, 3.63) is 0 Å². The minimum absolute atomic E-state index is 0.296. The van der Waals surface area contributed by atoms with E-state index in [0.717, 1.165) is 0 Å². The lowest BCUT2D eigenvalue weighted by Gasteiger charge is -2.24. The van der Waals surface area contributed by atoms with Crippen molar-refractivity contribution in [1.29, 1.82) is 0 Å². The smallest absolute Gasteiger partial charge is 0.326 e. The summed E-state index contributed by atoms with van der Waals surface area (Å²) in [6.07, 6.45) is 1.15. The fourth-order valence-corrected chi connectivity index (χ4v) is 1.55. The number of morpholine rings is 1. The van der Waals surface area contributed by atoms with E-state index in [2.05, 4.69) is 10.6 Å². The topological polar surface area (TPSA) is 87.7 Å². The van der Waals surface area contributed by atoms with E-state index in [0.29, 0.717) is 32.6 Å². The van der Waals surface area contributed by atoms with Crippen molar-refractivity contribution in [2.24, 2.45) is 0 Å². The molecule has 1 unspecified atom stereocenters. The van der Waals surface area contributed by atoms with Crippen LogP contribution in [0.2, 0.25) is 0 Å². The van der Waals surface area contributed by atoms with Gasteiger partial charge < -0.3 is 20.5 Å². The summed E-state index contributed by atoms with van der Waals surface area (Å²) in [5.41, 5.74) is 0. The van der Waals surface area contributed by atoms with Crippen LogP contribution < -0.4 is 10.6 Å². The molecule has 2 atom stereocenters. The number of hydrogen-bond donors (Lipinski definition) is 3. The van der Waals surface area contributed by atoms with E-state index in [9.17, 15) is 9.59 Å². The summed E-state index contributed by atoms with van der Waals surface area (Å²) in [6, 6.07) is -1.24. The van der Waals surface area contributed by atoms with E-state index in [1.54, 1.807) is 0 Å². The lowest BCUT2D eigenvalue weighted by atomic mass is 10.1. The van der Waals surface area contributed by atoms with Crippen molar-refractivity contribution in [1.82, 2.24) is 10.6 Å². The molecule has 1 saturated heterocycles. The number of aliphatic carboxylic acids is 1. The molecule has 0 aromatic rings. The Labute approximate surface area is 94.3 Å². The highest BCUT2D eigenvalue weighted by Crippen LogP contribution is 1.99. The molecule has 1 aliphatic rings. The third kappa shape index (κ3) is 3.79. The minimum Gasteiger partial charge on any atom is -0.480 e. The molecule has 0 aliphatic carbocycles. The quantitative estimate of drug-likeness (QED) is 0.584. The Bertz CT molecular complexity index is 251. The van der Waals surface area contributed by atoms with Crippen molar-refractivity contribution in [2.75, 3.05) is 19.8 Å². The number of rotatable bonds is 5. The van der Waals surface area contributed by atoms with E-state index in [1.165, 1.54) is 0 Å². The molecule has 1 aliphatic heterocycles. The predicted molar refractivity (Wildman–Crippen MR) is 57.1 cm³/mol. The minimum atomic E-state index is -0.994. The van der Waals surface area contributed by atoms with E-state index in [1.807, 2.05) is 6.92 Å². The Kier molecular flexibility index (Phi) is 5.21. The molecule has 1 fully saturated rings. The fraction of sp³-hybridized carbons (Fsp3) is 0.800. The van der Waals surface area contributed by atoms with Crippen LogP contribution in [-0.2, 0) is 14.3 Å². The average molecular weight is 230 g/mol. The standard InChI is InChI=1S/C10H18N2O4/c1-2-3-7(10(14)15)12-9(13)8-6-16-5-4-11-8/h7-8,11H,2-6H2,1H3,(H,12,13)(H,14,15)/t7-,8?/m0/s1. The molecule has 0 aromatic heterocycles. The molecule has 1 heterocycles. The van der Waals surface area contributed by atoms with Gasteiger partial charge in [0.25, 0.3) is 0 Å². The van der Waals surface area contributed by atoms with Gasteiger partial charge in [-0.05, 0) is 6.42 Å². The molecule has 6 heteroatoms. The van der Waals surface area contributed by atoms with Gasteiger partial charge in [0.2, 0.25) is 5.91 Å². The van der Waals surface area contributed by atoms with Gasteiger partial charge in [0, 0.05) is 6.54 Å². The van der Waals surface area contributed by atoms with Crippen LogP contribution in [0.15, 0.2) is 0 Å². The van der Waals surface area contributed by atoms with Gasteiger partial charge >= 0.3 is 5.97 Å². The molecule has 92 valence electrons. The largest absolute Gasteiger partial charge is 0.480 e. The monoisotopic (exact) mass is 230 g/mol. The molecule has 1 rings (SSSR count). The summed E-state index contributed by atoms with van der Waals surface area (Å²) in [5, 5.41) is 14.4. The highest BCUT2D eigenvalue weighted by atomic mass is 16.5. The van der Waals surface area contributed by atoms with E-state index < -0.39 is 18.1 Å². The summed E-state index contributed by atoms with van der Waals surface area (Å²) in [5.74, 6) is -1.30. The summed E-state index contributed by atoms with van der Waals surface area (Å²) >= 11 is 0. The first kappa shape index (κ1) is 12.9. The van der Waals surface area contributed by atoms with Crippen molar-refractivity contribution < 1.29 is 19.4 Å². The van der Waals surface area contributed by atoms with Gasteiger partial charge in [-0.1, -0.05) is 13.3 Å². The maximum atomic E-state index is 11.7. The first-order valence-electron chi connectivity index (χ1n) is 5.49.